The summed E-state index contributed by atoms with van der Waals surface area (Å²) < 4.78 is 4.64. The van der Waals surface area contributed by atoms with E-state index in [0.717, 1.165) is 24.8 Å². The van der Waals surface area contributed by atoms with Crippen LogP contribution in [0.25, 0.3) is 0 Å². The van der Waals surface area contributed by atoms with Gasteiger partial charge in [0.15, 0.2) is 0 Å². The van der Waals surface area contributed by atoms with Gasteiger partial charge in [-0.15, -0.1) is 0 Å². The quantitative estimate of drug-likeness (QED) is 0.285. The second kappa shape index (κ2) is 9.40. The van der Waals surface area contributed by atoms with Gasteiger partial charge in [-0.05, 0) is 12.3 Å². The molecule has 0 aliphatic carbocycles. The van der Waals surface area contributed by atoms with Gasteiger partial charge in [-0.3, -0.25) is 0 Å². The first-order valence-electron chi connectivity index (χ1n) is 6.07. The molecule has 0 saturated carbocycles. The van der Waals surface area contributed by atoms with Crippen LogP contribution in [0.2, 0.25) is 0 Å². The summed E-state index contributed by atoms with van der Waals surface area (Å²) in [6.45, 7) is 7.71. The highest BCUT2D eigenvalue weighted by molar-refractivity contribution is 5.81. The van der Waals surface area contributed by atoms with Crippen LogP contribution < -0.4 is 0 Å². The van der Waals surface area contributed by atoms with Crippen molar-refractivity contribution in [3.05, 3.63) is 12.7 Å². The Morgan fingerprint density at radius 1 is 1.25 bits per heavy atom. The number of aliphatic hydroxyl groups is 1. The number of ether oxygens (including phenoxy) is 1. The minimum atomic E-state index is -0.976. The molecule has 3 heteroatoms. The third kappa shape index (κ3) is 9.71. The number of carbonyl (C=O) groups excluding carboxylic acids is 1. The predicted molar refractivity (Wildman–Crippen MR) is 64.8 cm³/mol. The molecule has 0 rings (SSSR count). The molecular weight excluding hydrogens is 204 g/mol. The van der Waals surface area contributed by atoms with Gasteiger partial charge in [0.1, 0.15) is 0 Å². The van der Waals surface area contributed by atoms with Crippen LogP contribution in [0.5, 0.6) is 0 Å². The number of unbranched alkanes of at least 4 members (excludes halogenated alkanes) is 3. The molecular formula is C13H24O3. The van der Waals surface area contributed by atoms with Crippen LogP contribution >= 0.6 is 0 Å². The predicted octanol–water partition coefficient (Wildman–Crippen LogP) is 3.03. The highest BCUT2D eigenvalue weighted by Crippen LogP contribution is 2.11. The molecule has 94 valence electrons. The normalized spacial score (nSPS) is 12.5. The van der Waals surface area contributed by atoms with Gasteiger partial charge in [-0.1, -0.05) is 46.1 Å². The van der Waals surface area contributed by atoms with Crippen molar-refractivity contribution >= 4 is 5.97 Å². The van der Waals surface area contributed by atoms with E-state index in [-0.39, 0.29) is 0 Å². The third-order valence-corrected chi connectivity index (χ3v) is 2.40. The summed E-state index contributed by atoms with van der Waals surface area (Å²) in [4.78, 5) is 10.7. The van der Waals surface area contributed by atoms with Crippen molar-refractivity contribution in [1.82, 2.24) is 0 Å². The van der Waals surface area contributed by atoms with Gasteiger partial charge in [-0.2, -0.15) is 0 Å². The van der Waals surface area contributed by atoms with Crippen molar-refractivity contribution < 1.29 is 14.6 Å². The molecule has 0 aromatic heterocycles. The summed E-state index contributed by atoms with van der Waals surface area (Å²) in [7, 11) is 0. The number of esters is 1. The second-order valence-electron chi connectivity index (χ2n) is 4.48. The van der Waals surface area contributed by atoms with Gasteiger partial charge in [0.2, 0.25) is 6.29 Å². The molecule has 1 atom stereocenters. The zero-order chi connectivity index (χ0) is 12.4. The van der Waals surface area contributed by atoms with Gasteiger partial charge < -0.3 is 9.84 Å². The van der Waals surface area contributed by atoms with E-state index in [1.165, 1.54) is 19.3 Å². The maximum Gasteiger partial charge on any atom is 0.332 e. The summed E-state index contributed by atoms with van der Waals surface area (Å²) in [6, 6.07) is 0. The maximum absolute atomic E-state index is 10.7. The first-order chi connectivity index (χ1) is 7.56. The molecule has 0 amide bonds. The molecule has 0 radical (unpaired) electrons. The lowest BCUT2D eigenvalue weighted by atomic mass is 10.0. The highest BCUT2D eigenvalue weighted by atomic mass is 16.6. The van der Waals surface area contributed by atoms with E-state index in [4.69, 9.17) is 0 Å². The number of carbonyl (C=O) groups is 1. The molecule has 0 bridgehead atoms. The Morgan fingerprint density at radius 2 is 1.81 bits per heavy atom. The summed E-state index contributed by atoms with van der Waals surface area (Å²) in [6.07, 6.45) is 6.25. The van der Waals surface area contributed by atoms with E-state index >= 15 is 0 Å². The second-order valence-corrected chi connectivity index (χ2v) is 4.48. The van der Waals surface area contributed by atoms with Crippen LogP contribution in [0.15, 0.2) is 12.7 Å². The topological polar surface area (TPSA) is 46.5 Å². The average molecular weight is 228 g/mol. The number of hydrogen-bond acceptors (Lipinski definition) is 3. The lowest BCUT2D eigenvalue weighted by molar-refractivity contribution is -0.162. The Bertz CT molecular complexity index is 199. The van der Waals surface area contributed by atoms with Crippen molar-refractivity contribution in [3.8, 4) is 0 Å². The van der Waals surface area contributed by atoms with Crippen LogP contribution in [0.3, 0.4) is 0 Å². The van der Waals surface area contributed by atoms with E-state index in [2.05, 4.69) is 25.2 Å². The van der Waals surface area contributed by atoms with Crippen LogP contribution in [0, 0.1) is 5.92 Å². The molecule has 0 aliphatic heterocycles. The molecule has 16 heavy (non-hydrogen) atoms. The van der Waals surface area contributed by atoms with E-state index in [1.54, 1.807) is 0 Å². The summed E-state index contributed by atoms with van der Waals surface area (Å²) in [5, 5.41) is 9.30. The van der Waals surface area contributed by atoms with Gasteiger partial charge in [0, 0.05) is 12.5 Å². The van der Waals surface area contributed by atoms with Crippen LogP contribution in [0.4, 0.5) is 0 Å². The van der Waals surface area contributed by atoms with E-state index < -0.39 is 12.3 Å². The largest absolute Gasteiger partial charge is 0.433 e. The van der Waals surface area contributed by atoms with Crippen LogP contribution in [-0.2, 0) is 9.53 Å². The first-order valence-corrected chi connectivity index (χ1v) is 6.07. The Hall–Kier alpha value is -0.830. The minimum absolute atomic E-state index is 0.515. The average Bonchev–Trinajstić information content (AvgIpc) is 2.22. The molecule has 0 aliphatic rings. The number of aliphatic hydroxyl groups excluding tert-OH is 1. The molecule has 0 fully saturated rings. The Kier molecular flexibility index (Phi) is 8.91. The Balaban J connectivity index is 3.30. The third-order valence-electron chi connectivity index (χ3n) is 2.40. The minimum Gasteiger partial charge on any atom is -0.433 e. The maximum atomic E-state index is 10.7. The molecule has 0 aromatic carbocycles. The van der Waals surface area contributed by atoms with E-state index in [1.807, 2.05) is 0 Å². The molecule has 0 heterocycles. The van der Waals surface area contributed by atoms with Gasteiger partial charge in [-0.25, -0.2) is 4.79 Å². The Morgan fingerprint density at radius 3 is 2.31 bits per heavy atom. The fourth-order valence-electron chi connectivity index (χ4n) is 1.47. The monoisotopic (exact) mass is 228 g/mol. The zero-order valence-electron chi connectivity index (χ0n) is 10.4. The summed E-state index contributed by atoms with van der Waals surface area (Å²) in [5.41, 5.74) is 0. The smallest absolute Gasteiger partial charge is 0.332 e. The fourth-order valence-corrected chi connectivity index (χ4v) is 1.47. The lowest BCUT2D eigenvalue weighted by Crippen LogP contribution is -2.15. The highest BCUT2D eigenvalue weighted by Gasteiger charge is 2.07. The van der Waals surface area contributed by atoms with Crippen LogP contribution in [0.1, 0.15) is 52.4 Å². The molecule has 1 unspecified atom stereocenters. The number of hydrogen-bond donors (Lipinski definition) is 1. The fraction of sp³-hybridized carbons (Fsp3) is 0.769. The zero-order valence-corrected chi connectivity index (χ0v) is 10.4. The van der Waals surface area contributed by atoms with E-state index in [9.17, 15) is 9.90 Å². The summed E-state index contributed by atoms with van der Waals surface area (Å²) in [5.74, 6) is 0.200. The van der Waals surface area contributed by atoms with Crippen molar-refractivity contribution in [1.29, 1.82) is 0 Å². The molecule has 0 spiro atoms. The van der Waals surface area contributed by atoms with Crippen molar-refractivity contribution in [3.63, 3.8) is 0 Å². The van der Waals surface area contributed by atoms with Crippen molar-refractivity contribution in [2.45, 2.75) is 58.7 Å². The van der Waals surface area contributed by atoms with Gasteiger partial charge in [0.25, 0.3) is 0 Å². The summed E-state index contributed by atoms with van der Waals surface area (Å²) >= 11 is 0. The van der Waals surface area contributed by atoms with Crippen LogP contribution in [-0.4, -0.2) is 17.4 Å². The SMILES string of the molecule is C=CC(=O)OC(O)CCCCCCC(C)C. The van der Waals surface area contributed by atoms with E-state index in [0.29, 0.717) is 6.42 Å². The molecule has 3 nitrogen and oxygen atoms in total. The van der Waals surface area contributed by atoms with Gasteiger partial charge in [0.05, 0.1) is 0 Å². The molecule has 0 aromatic rings. The van der Waals surface area contributed by atoms with Gasteiger partial charge >= 0.3 is 5.97 Å². The van der Waals surface area contributed by atoms with Crippen molar-refractivity contribution in [2.75, 3.05) is 0 Å². The lowest BCUT2D eigenvalue weighted by Gasteiger charge is -2.10. The number of rotatable bonds is 9. The van der Waals surface area contributed by atoms with Crippen molar-refractivity contribution in [2.24, 2.45) is 5.92 Å². The standard InChI is InChI=1S/C13H24O3/c1-4-12(14)16-13(15)10-8-6-5-7-9-11(2)3/h4,11,13,15H,1,5-10H2,2-3H3. The molecule has 0 saturated heterocycles. The molecule has 1 N–H and O–H groups in total. The first kappa shape index (κ1) is 15.2. The Labute approximate surface area is 98.5 Å².